The molecule has 1 fully saturated rings. The van der Waals surface area contributed by atoms with Crippen molar-refractivity contribution in [3.8, 4) is 0 Å². The first-order valence-corrected chi connectivity index (χ1v) is 8.09. The summed E-state index contributed by atoms with van der Waals surface area (Å²) in [6, 6.07) is 6.16. The summed E-state index contributed by atoms with van der Waals surface area (Å²) < 4.78 is 5.67. The van der Waals surface area contributed by atoms with Gasteiger partial charge in [-0.05, 0) is 43.6 Å². The number of carbonyl (C=O) groups excluding carboxylic acids is 1. The zero-order valence-electron chi connectivity index (χ0n) is 12.9. The van der Waals surface area contributed by atoms with Crippen LogP contribution in [0.2, 0.25) is 0 Å². The van der Waals surface area contributed by atoms with Gasteiger partial charge in [-0.25, -0.2) is 4.79 Å². The van der Waals surface area contributed by atoms with Gasteiger partial charge in [0.15, 0.2) is 0 Å². The number of carbonyl (C=O) groups is 1. The number of likely N-dealkylation sites (tertiary alicyclic amines) is 1. The Hall–Kier alpha value is -0.910. The summed E-state index contributed by atoms with van der Waals surface area (Å²) in [4.78, 5) is 13.9. The number of benzene rings is 1. The zero-order chi connectivity index (χ0) is 15.4. The lowest BCUT2D eigenvalue weighted by Gasteiger charge is -2.35. The molecule has 1 N–H and O–H groups in total. The topological polar surface area (TPSA) is 41.6 Å². The fraction of sp³-hybridized carbons (Fsp3) is 0.562. The highest BCUT2D eigenvalue weighted by atomic mass is 79.9. The maximum Gasteiger partial charge on any atom is 0.337 e. The van der Waals surface area contributed by atoms with Crippen molar-refractivity contribution in [1.82, 2.24) is 10.2 Å². The van der Waals surface area contributed by atoms with Crippen LogP contribution in [0.4, 0.5) is 0 Å². The minimum absolute atomic E-state index is 0.306. The van der Waals surface area contributed by atoms with Crippen LogP contribution in [0.25, 0.3) is 0 Å². The molecule has 2 atom stereocenters. The first-order chi connectivity index (χ1) is 10.0. The predicted octanol–water partition coefficient (Wildman–Crippen LogP) is 2.67. The fourth-order valence-corrected chi connectivity index (χ4v) is 3.35. The molecule has 1 saturated heterocycles. The lowest BCUT2D eigenvalue weighted by molar-refractivity contribution is 0.0600. The summed E-state index contributed by atoms with van der Waals surface area (Å²) in [7, 11) is 3.57. The summed E-state index contributed by atoms with van der Waals surface area (Å²) in [5, 5.41) is 3.64. The van der Waals surface area contributed by atoms with E-state index in [0.29, 0.717) is 17.5 Å². The number of piperidine rings is 1. The van der Waals surface area contributed by atoms with E-state index in [1.165, 1.54) is 13.5 Å². The van der Waals surface area contributed by atoms with Gasteiger partial charge in [0.05, 0.1) is 12.7 Å². The Labute approximate surface area is 135 Å². The van der Waals surface area contributed by atoms with E-state index >= 15 is 0 Å². The molecule has 1 aliphatic heterocycles. The molecular weight excluding hydrogens is 332 g/mol. The third kappa shape index (κ3) is 4.28. The number of nitrogens with one attached hydrogen (secondary N) is 1. The molecule has 2 rings (SSSR count). The summed E-state index contributed by atoms with van der Waals surface area (Å²) >= 11 is 3.54. The molecule has 1 heterocycles. The normalized spacial score (nSPS) is 23.0. The Kier molecular flexibility index (Phi) is 5.79. The lowest BCUT2D eigenvalue weighted by Crippen LogP contribution is -2.46. The third-order valence-corrected chi connectivity index (χ3v) is 4.88. The molecule has 1 aromatic rings. The minimum atomic E-state index is -0.306. The average Bonchev–Trinajstić information content (AvgIpc) is 2.46. The molecular formula is C16H23BrN2O2. The van der Waals surface area contributed by atoms with Crippen molar-refractivity contribution < 1.29 is 9.53 Å². The number of rotatable bonds is 4. The highest BCUT2D eigenvalue weighted by Crippen LogP contribution is 2.21. The van der Waals surface area contributed by atoms with Crippen LogP contribution in [-0.2, 0) is 11.3 Å². The predicted molar refractivity (Wildman–Crippen MR) is 87.4 cm³/mol. The van der Waals surface area contributed by atoms with E-state index < -0.39 is 0 Å². The van der Waals surface area contributed by atoms with E-state index in [1.54, 1.807) is 0 Å². The van der Waals surface area contributed by atoms with Crippen LogP contribution >= 0.6 is 15.9 Å². The monoisotopic (exact) mass is 354 g/mol. The highest BCUT2D eigenvalue weighted by molar-refractivity contribution is 9.10. The molecule has 0 saturated carbocycles. The Morgan fingerprint density at radius 3 is 2.90 bits per heavy atom. The summed E-state index contributed by atoms with van der Waals surface area (Å²) in [5.41, 5.74) is 1.73. The molecule has 5 heteroatoms. The molecule has 0 spiro atoms. The third-order valence-electron chi connectivity index (χ3n) is 4.14. The van der Waals surface area contributed by atoms with E-state index in [2.05, 4.69) is 40.1 Å². The molecule has 4 nitrogen and oxygen atoms in total. The largest absolute Gasteiger partial charge is 0.465 e. The molecule has 0 amide bonds. The minimum Gasteiger partial charge on any atom is -0.465 e. The van der Waals surface area contributed by atoms with Gasteiger partial charge in [0.2, 0.25) is 0 Å². The Morgan fingerprint density at radius 2 is 2.29 bits per heavy atom. The second kappa shape index (κ2) is 7.38. The first-order valence-electron chi connectivity index (χ1n) is 7.30. The van der Waals surface area contributed by atoms with Crippen molar-refractivity contribution in [3.05, 3.63) is 33.8 Å². The van der Waals surface area contributed by atoms with E-state index in [-0.39, 0.29) is 5.97 Å². The van der Waals surface area contributed by atoms with Crippen LogP contribution < -0.4 is 5.32 Å². The molecule has 116 valence electrons. The molecule has 0 aliphatic carbocycles. The van der Waals surface area contributed by atoms with Gasteiger partial charge in [-0.2, -0.15) is 0 Å². The van der Waals surface area contributed by atoms with Crippen LogP contribution in [-0.4, -0.2) is 44.2 Å². The van der Waals surface area contributed by atoms with Crippen molar-refractivity contribution in [3.63, 3.8) is 0 Å². The quantitative estimate of drug-likeness (QED) is 0.844. The highest BCUT2D eigenvalue weighted by Gasteiger charge is 2.23. The maximum atomic E-state index is 11.5. The number of ether oxygens (including phenoxy) is 1. The molecule has 1 aromatic carbocycles. The molecule has 2 unspecified atom stereocenters. The maximum absolute atomic E-state index is 11.5. The number of methoxy groups -OCH3 is 1. The van der Waals surface area contributed by atoms with E-state index in [1.807, 2.05) is 18.2 Å². The second-order valence-electron chi connectivity index (χ2n) is 5.81. The number of hydrogen-bond acceptors (Lipinski definition) is 4. The summed E-state index contributed by atoms with van der Waals surface area (Å²) in [6.07, 6.45) is 1.18. The van der Waals surface area contributed by atoms with Gasteiger partial charge in [0.25, 0.3) is 0 Å². The molecule has 21 heavy (non-hydrogen) atoms. The van der Waals surface area contributed by atoms with Crippen LogP contribution in [0.1, 0.15) is 29.3 Å². The Morgan fingerprint density at radius 1 is 1.52 bits per heavy atom. The number of halogens is 1. The standard InChI is InChI=1S/C16H23BrN2O2/c1-11-10-19(2)7-6-15(11)18-9-13-5-4-12(8-14(13)17)16(20)21-3/h4-5,8,11,15,18H,6-7,9-10H2,1-3H3. The number of hydrogen-bond donors (Lipinski definition) is 1. The van der Waals surface area contributed by atoms with Gasteiger partial charge in [-0.15, -0.1) is 0 Å². The fourth-order valence-electron chi connectivity index (χ4n) is 2.83. The smallest absolute Gasteiger partial charge is 0.337 e. The first kappa shape index (κ1) is 16.5. The molecule has 0 aromatic heterocycles. The van der Waals surface area contributed by atoms with Crippen LogP contribution in [0.3, 0.4) is 0 Å². The summed E-state index contributed by atoms with van der Waals surface area (Å²) in [6.45, 7) is 5.38. The van der Waals surface area contributed by atoms with Gasteiger partial charge in [-0.3, -0.25) is 0 Å². The SMILES string of the molecule is COC(=O)c1ccc(CNC2CCN(C)CC2C)c(Br)c1. The van der Waals surface area contributed by atoms with E-state index in [9.17, 15) is 4.79 Å². The average molecular weight is 355 g/mol. The van der Waals surface area contributed by atoms with E-state index in [0.717, 1.165) is 29.7 Å². The van der Waals surface area contributed by atoms with Crippen molar-refractivity contribution in [2.75, 3.05) is 27.2 Å². The van der Waals surface area contributed by atoms with Crippen molar-refractivity contribution in [1.29, 1.82) is 0 Å². The van der Waals surface area contributed by atoms with E-state index in [4.69, 9.17) is 4.74 Å². The van der Waals surface area contributed by atoms with Crippen molar-refractivity contribution in [2.24, 2.45) is 5.92 Å². The van der Waals surface area contributed by atoms with Gasteiger partial charge in [-0.1, -0.05) is 28.9 Å². The van der Waals surface area contributed by atoms with Crippen LogP contribution in [0.15, 0.2) is 22.7 Å². The van der Waals surface area contributed by atoms with Crippen molar-refractivity contribution in [2.45, 2.75) is 25.9 Å². The van der Waals surface area contributed by atoms with Gasteiger partial charge in [0, 0.05) is 23.6 Å². The summed E-state index contributed by atoms with van der Waals surface area (Å²) in [5.74, 6) is 0.344. The van der Waals surface area contributed by atoms with Crippen molar-refractivity contribution >= 4 is 21.9 Å². The van der Waals surface area contributed by atoms with Gasteiger partial charge in [0.1, 0.15) is 0 Å². The Bertz CT molecular complexity index is 507. The number of esters is 1. The van der Waals surface area contributed by atoms with Gasteiger partial charge >= 0.3 is 5.97 Å². The lowest BCUT2D eigenvalue weighted by atomic mass is 9.94. The van der Waals surface area contributed by atoms with Crippen LogP contribution in [0, 0.1) is 5.92 Å². The molecule has 0 radical (unpaired) electrons. The zero-order valence-corrected chi connectivity index (χ0v) is 14.4. The van der Waals surface area contributed by atoms with Crippen LogP contribution in [0.5, 0.6) is 0 Å². The second-order valence-corrected chi connectivity index (χ2v) is 6.67. The number of nitrogens with zero attached hydrogens (tertiary/aromatic N) is 1. The molecule has 0 bridgehead atoms. The molecule has 1 aliphatic rings. The Balaban J connectivity index is 1.96. The van der Waals surface area contributed by atoms with Gasteiger partial charge < -0.3 is 15.0 Å².